The average Bonchev–Trinajstić information content (AvgIpc) is 2.56. The van der Waals surface area contributed by atoms with Crippen LogP contribution in [-0.4, -0.2) is 19.3 Å². The van der Waals surface area contributed by atoms with Crippen molar-refractivity contribution in [1.82, 2.24) is 0 Å². The molecule has 3 nitrogen and oxygen atoms in total. The summed E-state index contributed by atoms with van der Waals surface area (Å²) in [5.74, 6) is 2.02. The summed E-state index contributed by atoms with van der Waals surface area (Å²) >= 11 is 12.0. The molecule has 2 rings (SSSR count). The molecule has 0 N–H and O–H groups in total. The zero-order valence-electron chi connectivity index (χ0n) is 13.9. The van der Waals surface area contributed by atoms with E-state index in [0.717, 1.165) is 25.2 Å². The highest BCUT2D eigenvalue weighted by Crippen LogP contribution is 2.32. The standard InChI is InChI=1S/C19H22Cl2O3/c1-3-4-11-22-13-14(2)23-16-6-8-17(9-7-16)24-19-10-5-15(20)12-18(19)21/h5-10,12,14H,3-4,11,13H2,1-2H3. The lowest BCUT2D eigenvalue weighted by molar-refractivity contribution is 0.0572. The summed E-state index contributed by atoms with van der Waals surface area (Å²) in [6, 6.07) is 12.5. The summed E-state index contributed by atoms with van der Waals surface area (Å²) in [6.07, 6.45) is 2.21. The van der Waals surface area contributed by atoms with E-state index < -0.39 is 0 Å². The monoisotopic (exact) mass is 368 g/mol. The Hall–Kier alpha value is -1.42. The topological polar surface area (TPSA) is 27.7 Å². The Morgan fingerprint density at radius 2 is 1.71 bits per heavy atom. The predicted octanol–water partition coefficient (Wildman–Crippen LogP) is 6.37. The van der Waals surface area contributed by atoms with Gasteiger partial charge in [0, 0.05) is 11.6 Å². The van der Waals surface area contributed by atoms with E-state index in [4.69, 9.17) is 37.4 Å². The first-order valence-corrected chi connectivity index (χ1v) is 8.81. The van der Waals surface area contributed by atoms with Crippen LogP contribution in [0.4, 0.5) is 0 Å². The van der Waals surface area contributed by atoms with Crippen molar-refractivity contribution in [2.24, 2.45) is 0 Å². The molecule has 0 aromatic heterocycles. The molecule has 0 fully saturated rings. The maximum Gasteiger partial charge on any atom is 0.146 e. The molecule has 0 saturated heterocycles. The summed E-state index contributed by atoms with van der Waals surface area (Å²) in [4.78, 5) is 0. The molecule has 2 aromatic carbocycles. The first-order chi connectivity index (χ1) is 11.6. The van der Waals surface area contributed by atoms with E-state index in [1.165, 1.54) is 0 Å². The van der Waals surface area contributed by atoms with Crippen molar-refractivity contribution in [3.63, 3.8) is 0 Å². The second-order valence-electron chi connectivity index (χ2n) is 5.51. The van der Waals surface area contributed by atoms with Crippen LogP contribution in [0.3, 0.4) is 0 Å². The van der Waals surface area contributed by atoms with Crippen LogP contribution < -0.4 is 9.47 Å². The van der Waals surface area contributed by atoms with E-state index in [2.05, 4.69) is 6.92 Å². The van der Waals surface area contributed by atoms with Crippen LogP contribution in [0.1, 0.15) is 26.7 Å². The zero-order chi connectivity index (χ0) is 17.4. The van der Waals surface area contributed by atoms with Crippen molar-refractivity contribution in [3.8, 4) is 17.2 Å². The third kappa shape index (κ3) is 6.23. The Morgan fingerprint density at radius 1 is 1.00 bits per heavy atom. The third-order valence-electron chi connectivity index (χ3n) is 3.28. The molecule has 1 unspecified atom stereocenters. The predicted molar refractivity (Wildman–Crippen MR) is 98.8 cm³/mol. The van der Waals surface area contributed by atoms with Crippen molar-refractivity contribution in [3.05, 3.63) is 52.5 Å². The van der Waals surface area contributed by atoms with E-state index in [0.29, 0.717) is 28.2 Å². The zero-order valence-corrected chi connectivity index (χ0v) is 15.4. The fourth-order valence-corrected chi connectivity index (χ4v) is 2.48. The Balaban J connectivity index is 1.86. The Bertz CT molecular complexity index is 629. The van der Waals surface area contributed by atoms with Gasteiger partial charge in [0.05, 0.1) is 11.6 Å². The second kappa shape index (κ2) is 9.77. The minimum Gasteiger partial charge on any atom is -0.488 e. The molecule has 0 bridgehead atoms. The normalized spacial score (nSPS) is 12.0. The van der Waals surface area contributed by atoms with Crippen LogP contribution in [0.5, 0.6) is 17.2 Å². The van der Waals surface area contributed by atoms with Crippen LogP contribution in [0, 0.1) is 0 Å². The van der Waals surface area contributed by atoms with Gasteiger partial charge in [0.25, 0.3) is 0 Å². The number of rotatable bonds is 9. The summed E-state index contributed by atoms with van der Waals surface area (Å²) < 4.78 is 17.1. The molecular formula is C19H22Cl2O3. The fourth-order valence-electron chi connectivity index (χ4n) is 2.03. The molecule has 0 saturated carbocycles. The van der Waals surface area contributed by atoms with Gasteiger partial charge >= 0.3 is 0 Å². The highest BCUT2D eigenvalue weighted by Gasteiger charge is 2.07. The molecule has 24 heavy (non-hydrogen) atoms. The van der Waals surface area contributed by atoms with Crippen LogP contribution >= 0.6 is 23.2 Å². The average molecular weight is 369 g/mol. The van der Waals surface area contributed by atoms with Gasteiger partial charge in [-0.05, 0) is 55.8 Å². The molecule has 1 atom stereocenters. The summed E-state index contributed by atoms with van der Waals surface area (Å²) in [6.45, 7) is 5.49. The lowest BCUT2D eigenvalue weighted by Gasteiger charge is -2.15. The molecule has 0 spiro atoms. The minimum absolute atomic E-state index is 0.000617. The highest BCUT2D eigenvalue weighted by atomic mass is 35.5. The largest absolute Gasteiger partial charge is 0.488 e. The lowest BCUT2D eigenvalue weighted by atomic mass is 10.3. The van der Waals surface area contributed by atoms with Crippen LogP contribution in [0.25, 0.3) is 0 Å². The maximum absolute atomic E-state index is 6.10. The van der Waals surface area contributed by atoms with E-state index in [1.54, 1.807) is 18.2 Å². The van der Waals surface area contributed by atoms with E-state index in [1.807, 2.05) is 31.2 Å². The molecule has 130 valence electrons. The Labute approximate surface area is 153 Å². The molecule has 0 aliphatic heterocycles. The summed E-state index contributed by atoms with van der Waals surface area (Å²) in [5.41, 5.74) is 0. The van der Waals surface area contributed by atoms with Gasteiger partial charge in [-0.2, -0.15) is 0 Å². The first kappa shape index (κ1) is 18.9. The van der Waals surface area contributed by atoms with Gasteiger partial charge in [-0.3, -0.25) is 0 Å². The summed E-state index contributed by atoms with van der Waals surface area (Å²) in [5, 5.41) is 1.05. The van der Waals surface area contributed by atoms with Crippen LogP contribution in [-0.2, 0) is 4.74 Å². The molecule has 5 heteroatoms. The smallest absolute Gasteiger partial charge is 0.146 e. The molecule has 0 radical (unpaired) electrons. The molecular weight excluding hydrogens is 347 g/mol. The number of ether oxygens (including phenoxy) is 3. The molecule has 0 aliphatic rings. The molecule has 2 aromatic rings. The quantitative estimate of drug-likeness (QED) is 0.481. The second-order valence-corrected chi connectivity index (χ2v) is 6.35. The number of halogens is 2. The van der Waals surface area contributed by atoms with Crippen molar-refractivity contribution >= 4 is 23.2 Å². The lowest BCUT2D eigenvalue weighted by Crippen LogP contribution is -2.19. The van der Waals surface area contributed by atoms with Crippen LogP contribution in [0.15, 0.2) is 42.5 Å². The fraction of sp³-hybridized carbons (Fsp3) is 0.368. The molecule has 0 amide bonds. The van der Waals surface area contributed by atoms with Crippen molar-refractivity contribution in [2.45, 2.75) is 32.8 Å². The van der Waals surface area contributed by atoms with Crippen molar-refractivity contribution < 1.29 is 14.2 Å². The number of hydrogen-bond donors (Lipinski definition) is 0. The third-order valence-corrected chi connectivity index (χ3v) is 3.81. The van der Waals surface area contributed by atoms with E-state index in [-0.39, 0.29) is 6.10 Å². The van der Waals surface area contributed by atoms with Gasteiger partial charge in [-0.15, -0.1) is 0 Å². The SMILES string of the molecule is CCCCOCC(C)Oc1ccc(Oc2ccc(Cl)cc2Cl)cc1. The van der Waals surface area contributed by atoms with E-state index in [9.17, 15) is 0 Å². The Kier molecular flexibility index (Phi) is 7.70. The number of unbranched alkanes of at least 4 members (excludes halogenated alkanes) is 1. The molecule has 0 heterocycles. The van der Waals surface area contributed by atoms with Gasteiger partial charge in [0.2, 0.25) is 0 Å². The van der Waals surface area contributed by atoms with Crippen LogP contribution in [0.2, 0.25) is 10.0 Å². The van der Waals surface area contributed by atoms with Crippen molar-refractivity contribution in [1.29, 1.82) is 0 Å². The highest BCUT2D eigenvalue weighted by molar-refractivity contribution is 6.35. The van der Waals surface area contributed by atoms with Gasteiger partial charge in [0.15, 0.2) is 0 Å². The van der Waals surface area contributed by atoms with Gasteiger partial charge < -0.3 is 14.2 Å². The minimum atomic E-state index is -0.000617. The van der Waals surface area contributed by atoms with Gasteiger partial charge in [-0.1, -0.05) is 36.5 Å². The summed E-state index contributed by atoms with van der Waals surface area (Å²) in [7, 11) is 0. The molecule has 0 aliphatic carbocycles. The maximum atomic E-state index is 6.10. The first-order valence-electron chi connectivity index (χ1n) is 8.06. The Morgan fingerprint density at radius 3 is 2.38 bits per heavy atom. The van der Waals surface area contributed by atoms with Gasteiger partial charge in [0.1, 0.15) is 23.4 Å². The van der Waals surface area contributed by atoms with Crippen molar-refractivity contribution in [2.75, 3.05) is 13.2 Å². The van der Waals surface area contributed by atoms with E-state index >= 15 is 0 Å². The van der Waals surface area contributed by atoms with Gasteiger partial charge in [-0.25, -0.2) is 0 Å². The number of benzene rings is 2. The number of hydrogen-bond acceptors (Lipinski definition) is 3.